The van der Waals surface area contributed by atoms with Crippen molar-refractivity contribution in [3.63, 3.8) is 0 Å². The van der Waals surface area contributed by atoms with Gasteiger partial charge in [-0.05, 0) is 45.4 Å². The first-order valence-electron chi connectivity index (χ1n) is 11.9. The van der Waals surface area contributed by atoms with Crippen LogP contribution in [0.3, 0.4) is 0 Å². The number of aliphatic imine (C=N–C) groups is 1. The van der Waals surface area contributed by atoms with Gasteiger partial charge in [-0.2, -0.15) is 0 Å². The second-order valence-electron chi connectivity index (χ2n) is 9.26. The highest BCUT2D eigenvalue weighted by Crippen LogP contribution is 2.25. The summed E-state index contributed by atoms with van der Waals surface area (Å²) in [6.45, 7) is 5.00. The molecule has 0 atom stereocenters. The molecule has 2 heterocycles. The fraction of sp³-hybridized carbons (Fsp3) is 0.864. The Hall–Kier alpha value is -1.63. The van der Waals surface area contributed by atoms with Gasteiger partial charge < -0.3 is 20.1 Å². The van der Waals surface area contributed by atoms with Crippen molar-refractivity contribution < 1.29 is 0 Å². The number of hydrogen-bond donors (Lipinski definition) is 2. The van der Waals surface area contributed by atoms with Crippen LogP contribution in [-0.4, -0.2) is 56.8 Å². The van der Waals surface area contributed by atoms with Crippen molar-refractivity contribution in [3.8, 4) is 0 Å². The number of rotatable bonds is 5. The number of aryl methyl sites for hydroxylation is 1. The summed E-state index contributed by atoms with van der Waals surface area (Å²) in [6.07, 6.45) is 14.7. The molecule has 2 aliphatic carbocycles. The smallest absolute Gasteiger partial charge is 0.192 e. The van der Waals surface area contributed by atoms with Crippen molar-refractivity contribution in [2.24, 2.45) is 12.0 Å². The third-order valence-corrected chi connectivity index (χ3v) is 7.22. The van der Waals surface area contributed by atoms with E-state index in [0.717, 1.165) is 23.7 Å². The summed E-state index contributed by atoms with van der Waals surface area (Å²) in [4.78, 5) is 7.64. The highest BCUT2D eigenvalue weighted by molar-refractivity contribution is 5.80. The van der Waals surface area contributed by atoms with E-state index in [1.54, 1.807) is 0 Å². The summed E-state index contributed by atoms with van der Waals surface area (Å²) in [7, 11) is 2.01. The molecule has 0 unspecified atom stereocenters. The summed E-state index contributed by atoms with van der Waals surface area (Å²) in [6, 6.07) is 1.92. The predicted molar refractivity (Wildman–Crippen MR) is 117 cm³/mol. The zero-order chi connectivity index (χ0) is 20.1. The standard InChI is InChI=1S/C22H39N7/c1-17-26-27-21(28(17)2)16-23-22(24-18-8-6-7-9-18)25-19-12-14-29(15-13-19)20-10-4-3-5-11-20/h18-20H,3-16H2,1-2H3,(H2,23,24,25). The van der Waals surface area contributed by atoms with Gasteiger partial charge in [-0.15, -0.1) is 10.2 Å². The molecule has 7 nitrogen and oxygen atoms in total. The summed E-state index contributed by atoms with van der Waals surface area (Å²) >= 11 is 0. The quantitative estimate of drug-likeness (QED) is 0.586. The first kappa shape index (κ1) is 20.6. The minimum Gasteiger partial charge on any atom is -0.354 e. The summed E-state index contributed by atoms with van der Waals surface area (Å²) in [5.74, 6) is 2.82. The molecular weight excluding hydrogens is 362 g/mol. The third-order valence-electron chi connectivity index (χ3n) is 7.22. The molecule has 1 aromatic rings. The molecule has 1 aromatic heterocycles. The van der Waals surface area contributed by atoms with Gasteiger partial charge in [-0.3, -0.25) is 0 Å². The van der Waals surface area contributed by atoms with E-state index < -0.39 is 0 Å². The lowest BCUT2D eigenvalue weighted by atomic mass is 9.92. The summed E-state index contributed by atoms with van der Waals surface area (Å²) in [5.41, 5.74) is 0. The molecule has 1 aliphatic heterocycles. The maximum Gasteiger partial charge on any atom is 0.192 e. The third kappa shape index (κ3) is 5.50. The number of piperidine rings is 1. The van der Waals surface area contributed by atoms with Crippen LogP contribution in [-0.2, 0) is 13.6 Å². The fourth-order valence-electron chi connectivity index (χ4n) is 5.18. The molecule has 29 heavy (non-hydrogen) atoms. The Kier molecular flexibility index (Phi) is 7.06. The van der Waals surface area contributed by atoms with Crippen LogP contribution in [0.1, 0.15) is 82.3 Å². The predicted octanol–water partition coefficient (Wildman–Crippen LogP) is 2.90. The van der Waals surface area contributed by atoms with Crippen molar-refractivity contribution >= 4 is 5.96 Å². The summed E-state index contributed by atoms with van der Waals surface area (Å²) in [5, 5.41) is 15.9. The van der Waals surface area contributed by atoms with Crippen LogP contribution in [0.15, 0.2) is 4.99 Å². The van der Waals surface area contributed by atoms with Crippen molar-refractivity contribution in [3.05, 3.63) is 11.6 Å². The van der Waals surface area contributed by atoms with Crippen molar-refractivity contribution in [2.45, 2.75) is 102 Å². The highest BCUT2D eigenvalue weighted by atomic mass is 15.3. The number of likely N-dealkylation sites (tertiary alicyclic amines) is 1. The largest absolute Gasteiger partial charge is 0.354 e. The molecule has 7 heteroatoms. The molecule has 0 amide bonds. The molecular formula is C22H39N7. The average molecular weight is 402 g/mol. The number of nitrogens with zero attached hydrogens (tertiary/aromatic N) is 5. The first-order chi connectivity index (χ1) is 14.2. The Labute approximate surface area is 175 Å². The fourth-order valence-corrected chi connectivity index (χ4v) is 5.18. The molecule has 4 rings (SSSR count). The van der Waals surface area contributed by atoms with Gasteiger partial charge in [0.15, 0.2) is 11.8 Å². The van der Waals surface area contributed by atoms with Gasteiger partial charge in [-0.1, -0.05) is 32.1 Å². The Morgan fingerprint density at radius 2 is 1.52 bits per heavy atom. The molecule has 0 radical (unpaired) electrons. The normalized spacial score (nSPS) is 23.6. The first-order valence-corrected chi connectivity index (χ1v) is 11.9. The average Bonchev–Trinajstić information content (AvgIpc) is 3.38. The lowest BCUT2D eigenvalue weighted by Gasteiger charge is -2.39. The molecule has 2 N–H and O–H groups in total. The minimum absolute atomic E-state index is 0.517. The Balaban J connectivity index is 1.33. The van der Waals surface area contributed by atoms with E-state index in [-0.39, 0.29) is 0 Å². The zero-order valence-corrected chi connectivity index (χ0v) is 18.4. The molecule has 3 aliphatic rings. The van der Waals surface area contributed by atoms with E-state index in [4.69, 9.17) is 4.99 Å². The number of nitrogens with one attached hydrogen (secondary N) is 2. The van der Waals surface area contributed by atoms with Crippen LogP contribution in [0.2, 0.25) is 0 Å². The zero-order valence-electron chi connectivity index (χ0n) is 18.4. The lowest BCUT2D eigenvalue weighted by Crippen LogP contribution is -2.52. The Bertz CT molecular complexity index is 663. The Morgan fingerprint density at radius 3 is 2.14 bits per heavy atom. The topological polar surface area (TPSA) is 70.4 Å². The van der Waals surface area contributed by atoms with Crippen LogP contribution in [0.5, 0.6) is 0 Å². The van der Waals surface area contributed by atoms with E-state index >= 15 is 0 Å². The van der Waals surface area contributed by atoms with Gasteiger partial charge in [-0.25, -0.2) is 4.99 Å². The van der Waals surface area contributed by atoms with E-state index in [1.807, 2.05) is 18.5 Å². The molecule has 0 bridgehead atoms. The molecule has 162 valence electrons. The van der Waals surface area contributed by atoms with Gasteiger partial charge in [0.1, 0.15) is 12.4 Å². The monoisotopic (exact) mass is 401 g/mol. The van der Waals surface area contributed by atoms with Crippen molar-refractivity contribution in [2.75, 3.05) is 13.1 Å². The second-order valence-corrected chi connectivity index (χ2v) is 9.26. The molecule has 1 saturated heterocycles. The number of aromatic nitrogens is 3. The van der Waals surface area contributed by atoms with Gasteiger partial charge in [0.05, 0.1) is 0 Å². The number of guanidine groups is 1. The second kappa shape index (κ2) is 9.92. The van der Waals surface area contributed by atoms with Crippen molar-refractivity contribution in [1.82, 2.24) is 30.3 Å². The van der Waals surface area contributed by atoms with Gasteiger partial charge in [0.25, 0.3) is 0 Å². The minimum atomic E-state index is 0.517. The summed E-state index contributed by atoms with van der Waals surface area (Å²) < 4.78 is 2.03. The van der Waals surface area contributed by atoms with Gasteiger partial charge in [0, 0.05) is 38.3 Å². The maximum absolute atomic E-state index is 4.89. The van der Waals surface area contributed by atoms with Crippen LogP contribution < -0.4 is 10.6 Å². The van der Waals surface area contributed by atoms with E-state index in [9.17, 15) is 0 Å². The van der Waals surface area contributed by atoms with E-state index in [2.05, 4.69) is 25.7 Å². The van der Waals surface area contributed by atoms with Crippen LogP contribution in [0.25, 0.3) is 0 Å². The van der Waals surface area contributed by atoms with E-state index in [0.29, 0.717) is 18.6 Å². The van der Waals surface area contributed by atoms with Crippen LogP contribution in [0, 0.1) is 6.92 Å². The van der Waals surface area contributed by atoms with Crippen molar-refractivity contribution in [1.29, 1.82) is 0 Å². The molecule has 0 aromatic carbocycles. The molecule has 3 fully saturated rings. The lowest BCUT2D eigenvalue weighted by molar-refractivity contribution is 0.119. The SMILES string of the molecule is Cc1nnc(CN=C(NC2CCCC2)NC2CCN(C3CCCCC3)CC2)n1C. The van der Waals surface area contributed by atoms with Crippen LogP contribution in [0.4, 0.5) is 0 Å². The molecule has 0 spiro atoms. The van der Waals surface area contributed by atoms with Gasteiger partial charge >= 0.3 is 0 Å². The number of hydrogen-bond acceptors (Lipinski definition) is 4. The Morgan fingerprint density at radius 1 is 0.897 bits per heavy atom. The molecule has 2 saturated carbocycles. The van der Waals surface area contributed by atoms with Gasteiger partial charge in [0.2, 0.25) is 0 Å². The highest BCUT2D eigenvalue weighted by Gasteiger charge is 2.27. The van der Waals surface area contributed by atoms with Crippen LogP contribution >= 0.6 is 0 Å². The van der Waals surface area contributed by atoms with E-state index in [1.165, 1.54) is 83.7 Å². The maximum atomic E-state index is 4.89.